The number of anilines is 1. The van der Waals surface area contributed by atoms with E-state index < -0.39 is 0 Å². The highest BCUT2D eigenvalue weighted by Gasteiger charge is 2.12. The van der Waals surface area contributed by atoms with Gasteiger partial charge in [-0.3, -0.25) is 0 Å². The van der Waals surface area contributed by atoms with Crippen molar-refractivity contribution in [3.63, 3.8) is 0 Å². The molecule has 0 aliphatic carbocycles. The molecule has 0 fully saturated rings. The van der Waals surface area contributed by atoms with E-state index in [1.165, 1.54) is 0 Å². The molecular weight excluding hydrogens is 298 g/mol. The highest BCUT2D eigenvalue weighted by molar-refractivity contribution is 5.78. The standard InChI is InChI=1S/C21H21NO2/c1-2-23-20-11-7-6-10-18(20)19-14-17(22)12-13-21(19)24-15-16-8-4-3-5-9-16/h3-14H,2,15,22H2,1H3. The van der Waals surface area contributed by atoms with Crippen LogP contribution in [0.15, 0.2) is 72.8 Å². The van der Waals surface area contributed by atoms with Crippen molar-refractivity contribution in [1.29, 1.82) is 0 Å². The number of hydrogen-bond acceptors (Lipinski definition) is 3. The molecule has 122 valence electrons. The zero-order valence-corrected chi connectivity index (χ0v) is 13.7. The van der Waals surface area contributed by atoms with Crippen molar-refractivity contribution in [3.8, 4) is 22.6 Å². The molecule has 0 aliphatic heterocycles. The summed E-state index contributed by atoms with van der Waals surface area (Å²) in [6, 6.07) is 23.7. The predicted octanol–water partition coefficient (Wildman–Crippen LogP) is 4.91. The molecule has 0 aromatic heterocycles. The molecule has 0 heterocycles. The summed E-state index contributed by atoms with van der Waals surface area (Å²) >= 11 is 0. The van der Waals surface area contributed by atoms with Gasteiger partial charge in [-0.05, 0) is 36.8 Å². The van der Waals surface area contributed by atoms with Crippen molar-refractivity contribution in [2.24, 2.45) is 0 Å². The van der Waals surface area contributed by atoms with Gasteiger partial charge < -0.3 is 15.2 Å². The van der Waals surface area contributed by atoms with Gasteiger partial charge in [0.25, 0.3) is 0 Å². The Balaban J connectivity index is 1.94. The van der Waals surface area contributed by atoms with Crippen molar-refractivity contribution in [3.05, 3.63) is 78.4 Å². The van der Waals surface area contributed by atoms with Crippen LogP contribution in [0.4, 0.5) is 5.69 Å². The van der Waals surface area contributed by atoms with Gasteiger partial charge >= 0.3 is 0 Å². The molecule has 0 amide bonds. The molecule has 0 radical (unpaired) electrons. The first kappa shape index (κ1) is 15.9. The lowest BCUT2D eigenvalue weighted by Gasteiger charge is -2.15. The Bertz CT molecular complexity index is 800. The number of ether oxygens (including phenoxy) is 2. The van der Waals surface area contributed by atoms with Crippen molar-refractivity contribution in [1.82, 2.24) is 0 Å². The fourth-order valence-electron chi connectivity index (χ4n) is 2.59. The molecule has 0 spiro atoms. The third kappa shape index (κ3) is 3.69. The summed E-state index contributed by atoms with van der Waals surface area (Å²) in [5.41, 5.74) is 9.74. The average Bonchev–Trinajstić information content (AvgIpc) is 2.62. The zero-order chi connectivity index (χ0) is 16.8. The third-order valence-corrected chi connectivity index (χ3v) is 3.72. The second kappa shape index (κ2) is 7.55. The fraction of sp³-hybridized carbons (Fsp3) is 0.143. The lowest BCUT2D eigenvalue weighted by molar-refractivity contribution is 0.307. The van der Waals surface area contributed by atoms with Gasteiger partial charge in [-0.2, -0.15) is 0 Å². The number of nitrogen functional groups attached to an aromatic ring is 1. The van der Waals surface area contributed by atoms with Gasteiger partial charge in [0.1, 0.15) is 18.1 Å². The topological polar surface area (TPSA) is 44.5 Å². The number of rotatable bonds is 6. The van der Waals surface area contributed by atoms with Crippen LogP contribution in [0, 0.1) is 0 Å². The minimum absolute atomic E-state index is 0.508. The van der Waals surface area contributed by atoms with Crippen molar-refractivity contribution < 1.29 is 9.47 Å². The number of para-hydroxylation sites is 1. The molecule has 3 heteroatoms. The maximum Gasteiger partial charge on any atom is 0.127 e. The predicted molar refractivity (Wildman–Crippen MR) is 98.2 cm³/mol. The van der Waals surface area contributed by atoms with Crippen LogP contribution in [-0.2, 0) is 6.61 Å². The molecule has 3 nitrogen and oxygen atoms in total. The van der Waals surface area contributed by atoms with E-state index in [1.807, 2.05) is 79.7 Å². The largest absolute Gasteiger partial charge is 0.493 e. The normalized spacial score (nSPS) is 10.4. The van der Waals surface area contributed by atoms with Gasteiger partial charge in [0.15, 0.2) is 0 Å². The summed E-state index contributed by atoms with van der Waals surface area (Å²) in [4.78, 5) is 0. The Morgan fingerprint density at radius 2 is 1.46 bits per heavy atom. The molecular formula is C21H21NO2. The maximum atomic E-state index is 6.05. The second-order valence-electron chi connectivity index (χ2n) is 5.46. The van der Waals surface area contributed by atoms with Crippen LogP contribution in [-0.4, -0.2) is 6.61 Å². The molecule has 0 atom stereocenters. The molecule has 0 aliphatic rings. The van der Waals surface area contributed by atoms with E-state index >= 15 is 0 Å². The minimum atomic E-state index is 0.508. The first-order chi connectivity index (χ1) is 11.8. The van der Waals surface area contributed by atoms with Gasteiger partial charge in [0, 0.05) is 16.8 Å². The van der Waals surface area contributed by atoms with E-state index in [1.54, 1.807) is 0 Å². The molecule has 0 bridgehead atoms. The number of nitrogens with two attached hydrogens (primary N) is 1. The van der Waals surface area contributed by atoms with E-state index in [9.17, 15) is 0 Å². The lowest BCUT2D eigenvalue weighted by atomic mass is 10.0. The summed E-state index contributed by atoms with van der Waals surface area (Å²) < 4.78 is 11.8. The van der Waals surface area contributed by atoms with E-state index in [0.29, 0.717) is 18.9 Å². The minimum Gasteiger partial charge on any atom is -0.493 e. The Hall–Kier alpha value is -2.94. The van der Waals surface area contributed by atoms with Crippen LogP contribution in [0.2, 0.25) is 0 Å². The van der Waals surface area contributed by atoms with Crippen molar-refractivity contribution >= 4 is 5.69 Å². The van der Waals surface area contributed by atoms with E-state index in [4.69, 9.17) is 15.2 Å². The quantitative estimate of drug-likeness (QED) is 0.656. The fourth-order valence-corrected chi connectivity index (χ4v) is 2.59. The van der Waals surface area contributed by atoms with Crippen LogP contribution in [0.5, 0.6) is 11.5 Å². The molecule has 0 saturated carbocycles. The molecule has 3 aromatic rings. The van der Waals surface area contributed by atoms with Crippen molar-refractivity contribution in [2.45, 2.75) is 13.5 Å². The van der Waals surface area contributed by atoms with Crippen LogP contribution in [0.1, 0.15) is 12.5 Å². The number of hydrogen-bond donors (Lipinski definition) is 1. The molecule has 3 rings (SSSR count). The van der Waals surface area contributed by atoms with E-state index in [0.717, 1.165) is 28.2 Å². The van der Waals surface area contributed by atoms with Gasteiger partial charge in [-0.1, -0.05) is 48.5 Å². The van der Waals surface area contributed by atoms with Crippen LogP contribution in [0.25, 0.3) is 11.1 Å². The highest BCUT2D eigenvalue weighted by atomic mass is 16.5. The third-order valence-electron chi connectivity index (χ3n) is 3.72. The van der Waals surface area contributed by atoms with Gasteiger partial charge in [-0.15, -0.1) is 0 Å². The summed E-state index contributed by atoms with van der Waals surface area (Å²) in [6.45, 7) is 3.09. The van der Waals surface area contributed by atoms with E-state index in [-0.39, 0.29) is 0 Å². The zero-order valence-electron chi connectivity index (χ0n) is 13.7. The summed E-state index contributed by atoms with van der Waals surface area (Å²) in [5.74, 6) is 1.62. The second-order valence-corrected chi connectivity index (χ2v) is 5.46. The molecule has 0 saturated heterocycles. The SMILES string of the molecule is CCOc1ccccc1-c1cc(N)ccc1OCc1ccccc1. The van der Waals surface area contributed by atoms with Crippen LogP contribution < -0.4 is 15.2 Å². The van der Waals surface area contributed by atoms with Gasteiger partial charge in [0.2, 0.25) is 0 Å². The van der Waals surface area contributed by atoms with Crippen LogP contribution in [0.3, 0.4) is 0 Å². The smallest absolute Gasteiger partial charge is 0.127 e. The molecule has 2 N–H and O–H groups in total. The van der Waals surface area contributed by atoms with E-state index in [2.05, 4.69) is 0 Å². The Morgan fingerprint density at radius 1 is 0.750 bits per heavy atom. The van der Waals surface area contributed by atoms with Gasteiger partial charge in [0.05, 0.1) is 6.61 Å². The Kier molecular flexibility index (Phi) is 5.02. The maximum absolute atomic E-state index is 6.05. The summed E-state index contributed by atoms with van der Waals surface area (Å²) in [6.07, 6.45) is 0. The summed E-state index contributed by atoms with van der Waals surface area (Å²) in [7, 11) is 0. The Morgan fingerprint density at radius 3 is 2.25 bits per heavy atom. The molecule has 24 heavy (non-hydrogen) atoms. The first-order valence-electron chi connectivity index (χ1n) is 8.06. The first-order valence-corrected chi connectivity index (χ1v) is 8.06. The lowest BCUT2D eigenvalue weighted by Crippen LogP contribution is -1.99. The average molecular weight is 319 g/mol. The Labute approximate surface area is 142 Å². The summed E-state index contributed by atoms with van der Waals surface area (Å²) in [5, 5.41) is 0. The number of benzene rings is 3. The van der Waals surface area contributed by atoms with Crippen LogP contribution >= 0.6 is 0 Å². The van der Waals surface area contributed by atoms with Gasteiger partial charge in [-0.25, -0.2) is 0 Å². The molecule has 0 unspecified atom stereocenters. The monoisotopic (exact) mass is 319 g/mol. The van der Waals surface area contributed by atoms with Crippen molar-refractivity contribution in [2.75, 3.05) is 12.3 Å². The highest BCUT2D eigenvalue weighted by Crippen LogP contribution is 2.38. The molecule has 3 aromatic carbocycles.